The van der Waals surface area contributed by atoms with Gasteiger partial charge in [0.2, 0.25) is 0 Å². The monoisotopic (exact) mass is 285 g/mol. The van der Waals surface area contributed by atoms with Crippen LogP contribution in [0.5, 0.6) is 0 Å². The van der Waals surface area contributed by atoms with E-state index >= 15 is 0 Å². The van der Waals surface area contributed by atoms with Crippen molar-refractivity contribution in [2.45, 2.75) is 32.5 Å². The molecule has 0 radical (unpaired) electrons. The number of pyridine rings is 1. The molecule has 0 spiro atoms. The summed E-state index contributed by atoms with van der Waals surface area (Å²) in [5.74, 6) is 0.517. The van der Waals surface area contributed by atoms with E-state index in [-0.39, 0.29) is 12.0 Å². The minimum Gasteiger partial charge on any atom is -0.373 e. The van der Waals surface area contributed by atoms with E-state index in [0.717, 1.165) is 24.3 Å². The molecule has 0 unspecified atom stereocenters. The van der Waals surface area contributed by atoms with Gasteiger partial charge in [0.05, 0.1) is 17.9 Å². The summed E-state index contributed by atoms with van der Waals surface area (Å²) in [6.07, 6.45) is 3.53. The van der Waals surface area contributed by atoms with Crippen LogP contribution in [0.3, 0.4) is 0 Å². The summed E-state index contributed by atoms with van der Waals surface area (Å²) < 4.78 is 7.83. The maximum absolute atomic E-state index is 12.7. The summed E-state index contributed by atoms with van der Waals surface area (Å²) in [7, 11) is 0. The van der Waals surface area contributed by atoms with Gasteiger partial charge in [-0.15, -0.1) is 0 Å². The summed E-state index contributed by atoms with van der Waals surface area (Å²) in [6, 6.07) is 5.81. The molecule has 2 aromatic rings. The molecule has 2 fully saturated rings. The molecule has 0 bridgehead atoms. The summed E-state index contributed by atoms with van der Waals surface area (Å²) in [4.78, 5) is 19.1. The van der Waals surface area contributed by atoms with Gasteiger partial charge in [-0.05, 0) is 32.4 Å². The predicted octanol–water partition coefficient (Wildman–Crippen LogP) is 1.89. The van der Waals surface area contributed by atoms with Gasteiger partial charge in [-0.1, -0.05) is 6.07 Å². The molecule has 21 heavy (non-hydrogen) atoms. The molecule has 2 aliphatic heterocycles. The zero-order valence-corrected chi connectivity index (χ0v) is 12.3. The number of imidazole rings is 1. The van der Waals surface area contributed by atoms with Crippen molar-refractivity contribution >= 4 is 11.6 Å². The van der Waals surface area contributed by atoms with Crippen LogP contribution >= 0.6 is 0 Å². The number of aromatic nitrogens is 2. The third kappa shape index (κ3) is 1.95. The van der Waals surface area contributed by atoms with Crippen LogP contribution in [0.15, 0.2) is 24.4 Å². The Hall–Kier alpha value is -1.88. The number of fused-ring (bicyclic) bond motifs is 2. The highest BCUT2D eigenvalue weighted by atomic mass is 16.5. The lowest BCUT2D eigenvalue weighted by Crippen LogP contribution is -2.31. The molecule has 2 aliphatic rings. The van der Waals surface area contributed by atoms with Gasteiger partial charge in [0.1, 0.15) is 11.3 Å². The Balaban J connectivity index is 1.61. The number of amides is 1. The molecule has 2 saturated heterocycles. The number of rotatable bonds is 1. The van der Waals surface area contributed by atoms with Gasteiger partial charge in [-0.2, -0.15) is 0 Å². The highest BCUT2D eigenvalue weighted by Crippen LogP contribution is 2.33. The Kier molecular flexibility index (Phi) is 2.79. The maximum Gasteiger partial charge on any atom is 0.274 e. The SMILES string of the molecule is Cc1c(C(=O)N2C[C@H]3C[C@H](C)O[C@H]3C2)nc2ccccn12. The van der Waals surface area contributed by atoms with Gasteiger partial charge >= 0.3 is 0 Å². The molecule has 4 heterocycles. The molecule has 5 nitrogen and oxygen atoms in total. The van der Waals surface area contributed by atoms with E-state index in [4.69, 9.17) is 4.74 Å². The van der Waals surface area contributed by atoms with Crippen LogP contribution in [-0.4, -0.2) is 45.5 Å². The van der Waals surface area contributed by atoms with Gasteiger partial charge in [-0.3, -0.25) is 4.79 Å². The second kappa shape index (κ2) is 4.56. The molecule has 1 amide bonds. The molecule has 0 saturated carbocycles. The third-order valence-electron chi connectivity index (χ3n) is 4.68. The van der Waals surface area contributed by atoms with Crippen molar-refractivity contribution in [2.24, 2.45) is 5.92 Å². The lowest BCUT2D eigenvalue weighted by molar-refractivity contribution is 0.0441. The van der Waals surface area contributed by atoms with Crippen molar-refractivity contribution in [2.75, 3.05) is 13.1 Å². The van der Waals surface area contributed by atoms with Crippen LogP contribution in [0, 0.1) is 12.8 Å². The Morgan fingerprint density at radius 1 is 1.38 bits per heavy atom. The summed E-state index contributed by atoms with van der Waals surface area (Å²) in [6.45, 7) is 5.54. The first kappa shape index (κ1) is 12.8. The van der Waals surface area contributed by atoms with E-state index in [1.54, 1.807) is 0 Å². The third-order valence-corrected chi connectivity index (χ3v) is 4.68. The van der Waals surface area contributed by atoms with E-state index in [9.17, 15) is 4.79 Å². The minimum absolute atomic E-state index is 0.0295. The van der Waals surface area contributed by atoms with Crippen molar-refractivity contribution in [3.8, 4) is 0 Å². The average Bonchev–Trinajstić information content (AvgIpc) is 3.10. The van der Waals surface area contributed by atoms with Crippen molar-refractivity contribution in [3.05, 3.63) is 35.8 Å². The maximum atomic E-state index is 12.7. The lowest BCUT2D eigenvalue weighted by Gasteiger charge is -2.17. The lowest BCUT2D eigenvalue weighted by atomic mass is 10.0. The fraction of sp³-hybridized carbons (Fsp3) is 0.500. The van der Waals surface area contributed by atoms with E-state index in [1.807, 2.05) is 40.6 Å². The quantitative estimate of drug-likeness (QED) is 0.804. The van der Waals surface area contributed by atoms with Crippen molar-refractivity contribution in [1.29, 1.82) is 0 Å². The highest BCUT2D eigenvalue weighted by molar-refractivity contribution is 5.94. The number of carbonyl (C=O) groups is 1. The fourth-order valence-electron chi connectivity index (χ4n) is 3.64. The van der Waals surface area contributed by atoms with Gasteiger partial charge in [0.15, 0.2) is 0 Å². The normalized spacial score (nSPS) is 28.3. The minimum atomic E-state index is 0.0295. The topological polar surface area (TPSA) is 46.8 Å². The standard InChI is InChI=1S/C16H19N3O2/c1-10-7-12-8-18(9-13(12)21-10)16(20)15-11(2)19-6-4-3-5-14(19)17-15/h3-6,10,12-13H,7-9H2,1-2H3/t10-,12+,13-/m0/s1. The summed E-state index contributed by atoms with van der Waals surface area (Å²) >= 11 is 0. The van der Waals surface area contributed by atoms with E-state index in [1.165, 1.54) is 0 Å². The second-order valence-electron chi connectivity index (χ2n) is 6.17. The van der Waals surface area contributed by atoms with Crippen molar-refractivity contribution < 1.29 is 9.53 Å². The summed E-state index contributed by atoms with van der Waals surface area (Å²) in [5, 5.41) is 0. The number of likely N-dealkylation sites (tertiary alicyclic amines) is 1. The van der Waals surface area contributed by atoms with Gasteiger partial charge in [0.25, 0.3) is 5.91 Å². The van der Waals surface area contributed by atoms with Crippen LogP contribution in [0.1, 0.15) is 29.5 Å². The van der Waals surface area contributed by atoms with Crippen LogP contribution in [-0.2, 0) is 4.74 Å². The second-order valence-corrected chi connectivity index (χ2v) is 6.17. The number of ether oxygens (including phenoxy) is 1. The zero-order chi connectivity index (χ0) is 14.6. The fourth-order valence-corrected chi connectivity index (χ4v) is 3.64. The molecule has 3 atom stereocenters. The number of hydrogen-bond acceptors (Lipinski definition) is 3. The summed E-state index contributed by atoms with van der Waals surface area (Å²) in [5.41, 5.74) is 2.29. The van der Waals surface area contributed by atoms with Crippen LogP contribution in [0.25, 0.3) is 5.65 Å². The Bertz CT molecular complexity index is 695. The van der Waals surface area contributed by atoms with Crippen LogP contribution in [0.2, 0.25) is 0 Å². The molecule has 0 N–H and O–H groups in total. The number of nitrogens with zero attached hydrogens (tertiary/aromatic N) is 3. The Morgan fingerprint density at radius 2 is 2.24 bits per heavy atom. The van der Waals surface area contributed by atoms with E-state index < -0.39 is 0 Å². The van der Waals surface area contributed by atoms with E-state index in [0.29, 0.717) is 24.3 Å². The van der Waals surface area contributed by atoms with Crippen LogP contribution < -0.4 is 0 Å². The molecule has 0 aliphatic carbocycles. The highest BCUT2D eigenvalue weighted by Gasteiger charge is 2.42. The first-order valence-electron chi connectivity index (χ1n) is 7.52. The largest absolute Gasteiger partial charge is 0.373 e. The smallest absolute Gasteiger partial charge is 0.274 e. The number of aryl methyl sites for hydroxylation is 1. The van der Waals surface area contributed by atoms with Crippen molar-refractivity contribution in [1.82, 2.24) is 14.3 Å². The van der Waals surface area contributed by atoms with Crippen molar-refractivity contribution in [3.63, 3.8) is 0 Å². The van der Waals surface area contributed by atoms with Gasteiger partial charge in [0, 0.05) is 25.2 Å². The number of carbonyl (C=O) groups excluding carboxylic acids is 1. The Labute approximate surface area is 123 Å². The average molecular weight is 285 g/mol. The van der Waals surface area contributed by atoms with E-state index in [2.05, 4.69) is 11.9 Å². The molecule has 0 aromatic carbocycles. The molecule has 110 valence electrons. The van der Waals surface area contributed by atoms with Crippen LogP contribution in [0.4, 0.5) is 0 Å². The first-order valence-corrected chi connectivity index (χ1v) is 7.52. The molecule has 4 rings (SSSR count). The molecule has 2 aromatic heterocycles. The predicted molar refractivity (Wildman–Crippen MR) is 78.3 cm³/mol. The van der Waals surface area contributed by atoms with Gasteiger partial charge in [-0.25, -0.2) is 4.98 Å². The Morgan fingerprint density at radius 3 is 3.00 bits per heavy atom. The first-order chi connectivity index (χ1) is 10.1. The number of hydrogen-bond donors (Lipinski definition) is 0. The van der Waals surface area contributed by atoms with Gasteiger partial charge < -0.3 is 14.0 Å². The zero-order valence-electron chi connectivity index (χ0n) is 12.3. The molecular weight excluding hydrogens is 266 g/mol. The molecule has 5 heteroatoms. The molecular formula is C16H19N3O2.